The van der Waals surface area contributed by atoms with E-state index in [-0.39, 0.29) is 35.0 Å². The normalized spacial score (nSPS) is 11.2. The van der Waals surface area contributed by atoms with Gasteiger partial charge in [-0.15, -0.1) is 0 Å². The number of carbonyl (C=O) groups excluding carboxylic acids is 2. The molecule has 32 heavy (non-hydrogen) atoms. The van der Waals surface area contributed by atoms with Crippen molar-refractivity contribution >= 4 is 27.5 Å². The largest absolute Gasteiger partial charge is 0.459 e. The third kappa shape index (κ3) is 6.21. The number of furan rings is 1. The molecule has 0 radical (unpaired) electrons. The highest BCUT2D eigenvalue weighted by Gasteiger charge is 2.22. The van der Waals surface area contributed by atoms with E-state index in [1.807, 2.05) is 13.8 Å². The molecule has 0 bridgehead atoms. The summed E-state index contributed by atoms with van der Waals surface area (Å²) in [5, 5.41) is 8.18. The second-order valence-electron chi connectivity index (χ2n) is 7.48. The van der Waals surface area contributed by atoms with E-state index in [0.717, 1.165) is 5.56 Å². The lowest BCUT2D eigenvalue weighted by molar-refractivity contribution is 0.0922. The first-order valence-electron chi connectivity index (χ1n) is 10.0. The summed E-state index contributed by atoms with van der Waals surface area (Å²) >= 11 is 0. The van der Waals surface area contributed by atoms with E-state index in [1.54, 1.807) is 42.5 Å². The number of rotatable bonds is 8. The Balaban J connectivity index is 1.59. The van der Waals surface area contributed by atoms with E-state index in [9.17, 15) is 18.0 Å². The fourth-order valence-electron chi connectivity index (χ4n) is 2.96. The van der Waals surface area contributed by atoms with Crippen LogP contribution in [0.1, 0.15) is 35.5 Å². The third-order valence-electron chi connectivity index (χ3n) is 4.49. The van der Waals surface area contributed by atoms with Crippen LogP contribution in [0.15, 0.2) is 76.2 Å². The molecule has 0 aliphatic heterocycles. The molecule has 8 nitrogen and oxygen atoms in total. The first-order valence-corrected chi connectivity index (χ1v) is 11.7. The molecule has 0 spiro atoms. The highest BCUT2D eigenvalue weighted by molar-refractivity contribution is 7.90. The molecule has 3 rings (SSSR count). The van der Waals surface area contributed by atoms with Crippen molar-refractivity contribution in [2.45, 2.75) is 37.1 Å². The SMILES string of the molecule is CC(C)NC(=O)Nc1ccc(CNC(=O)c2occc2CS(=O)(=O)c2ccccc2)cc1. The minimum atomic E-state index is -3.61. The van der Waals surface area contributed by atoms with Crippen molar-refractivity contribution in [3.8, 4) is 0 Å². The zero-order valence-corrected chi connectivity index (χ0v) is 18.6. The van der Waals surface area contributed by atoms with Gasteiger partial charge in [0.05, 0.1) is 16.9 Å². The summed E-state index contributed by atoms with van der Waals surface area (Å²) in [6.45, 7) is 3.95. The quantitative estimate of drug-likeness (QED) is 0.479. The summed E-state index contributed by atoms with van der Waals surface area (Å²) in [5.41, 5.74) is 1.72. The average molecular weight is 456 g/mol. The van der Waals surface area contributed by atoms with E-state index in [0.29, 0.717) is 11.3 Å². The maximum Gasteiger partial charge on any atom is 0.319 e. The van der Waals surface area contributed by atoms with Gasteiger partial charge in [0.1, 0.15) is 0 Å². The zero-order valence-electron chi connectivity index (χ0n) is 17.8. The van der Waals surface area contributed by atoms with Crippen LogP contribution in [0.5, 0.6) is 0 Å². The molecule has 0 fully saturated rings. The molecule has 3 aromatic rings. The molecule has 168 valence electrons. The number of amides is 3. The van der Waals surface area contributed by atoms with Gasteiger partial charge in [-0.1, -0.05) is 30.3 Å². The molecule has 0 unspecified atom stereocenters. The van der Waals surface area contributed by atoms with Crippen molar-refractivity contribution in [1.29, 1.82) is 0 Å². The van der Waals surface area contributed by atoms with Gasteiger partial charge in [0.25, 0.3) is 5.91 Å². The van der Waals surface area contributed by atoms with Gasteiger partial charge in [-0.05, 0) is 49.7 Å². The predicted octanol–water partition coefficient (Wildman–Crippen LogP) is 3.71. The van der Waals surface area contributed by atoms with Crippen molar-refractivity contribution in [1.82, 2.24) is 10.6 Å². The second-order valence-corrected chi connectivity index (χ2v) is 9.47. The zero-order chi connectivity index (χ0) is 23.1. The van der Waals surface area contributed by atoms with E-state index in [4.69, 9.17) is 4.42 Å². The lowest BCUT2D eigenvalue weighted by Gasteiger charge is -2.11. The van der Waals surface area contributed by atoms with Crippen LogP contribution in [0.3, 0.4) is 0 Å². The van der Waals surface area contributed by atoms with Gasteiger partial charge in [-0.2, -0.15) is 0 Å². The molecule has 3 amide bonds. The Bertz CT molecular complexity index is 1170. The van der Waals surface area contributed by atoms with Crippen LogP contribution in [-0.4, -0.2) is 26.4 Å². The number of sulfone groups is 1. The molecular weight excluding hydrogens is 430 g/mol. The Hall–Kier alpha value is -3.59. The van der Waals surface area contributed by atoms with Gasteiger partial charge in [0.15, 0.2) is 15.6 Å². The highest BCUT2D eigenvalue weighted by Crippen LogP contribution is 2.20. The monoisotopic (exact) mass is 455 g/mol. The van der Waals surface area contributed by atoms with Gasteiger partial charge in [-0.3, -0.25) is 4.79 Å². The summed E-state index contributed by atoms with van der Waals surface area (Å²) in [6, 6.07) is 16.3. The number of benzene rings is 2. The van der Waals surface area contributed by atoms with Gasteiger partial charge in [0.2, 0.25) is 0 Å². The Morgan fingerprint density at radius 3 is 2.31 bits per heavy atom. The topological polar surface area (TPSA) is 118 Å². The van der Waals surface area contributed by atoms with Crippen LogP contribution < -0.4 is 16.0 Å². The molecule has 1 heterocycles. The van der Waals surface area contributed by atoms with E-state index >= 15 is 0 Å². The molecule has 0 aliphatic carbocycles. The molecule has 2 aromatic carbocycles. The summed E-state index contributed by atoms with van der Waals surface area (Å²) < 4.78 is 30.5. The van der Waals surface area contributed by atoms with Crippen LogP contribution in [0.25, 0.3) is 0 Å². The summed E-state index contributed by atoms with van der Waals surface area (Å²) in [7, 11) is -3.61. The van der Waals surface area contributed by atoms with Crippen molar-refractivity contribution in [2.24, 2.45) is 0 Å². The molecule has 9 heteroatoms. The molecular formula is C23H25N3O5S. The van der Waals surface area contributed by atoms with Gasteiger partial charge < -0.3 is 20.4 Å². The van der Waals surface area contributed by atoms with Gasteiger partial charge >= 0.3 is 6.03 Å². The molecule has 0 atom stereocenters. The van der Waals surface area contributed by atoms with Crippen LogP contribution in [0.2, 0.25) is 0 Å². The van der Waals surface area contributed by atoms with Gasteiger partial charge in [0, 0.05) is 23.8 Å². The molecule has 3 N–H and O–H groups in total. The first kappa shape index (κ1) is 23.1. The third-order valence-corrected chi connectivity index (χ3v) is 6.17. The fourth-order valence-corrected chi connectivity index (χ4v) is 4.34. The fraction of sp³-hybridized carbons (Fsp3) is 0.217. The predicted molar refractivity (Wildman–Crippen MR) is 121 cm³/mol. The summed E-state index contributed by atoms with van der Waals surface area (Å²) in [4.78, 5) is 24.5. The minimum absolute atomic E-state index is 0.0265. The number of urea groups is 1. The van der Waals surface area contributed by atoms with E-state index < -0.39 is 15.7 Å². The molecule has 0 saturated heterocycles. The van der Waals surface area contributed by atoms with Crippen LogP contribution in [-0.2, 0) is 22.1 Å². The maximum absolute atomic E-state index is 12.6. The first-order chi connectivity index (χ1) is 15.2. The molecule has 0 aliphatic rings. The lowest BCUT2D eigenvalue weighted by atomic mass is 10.2. The maximum atomic E-state index is 12.6. The van der Waals surface area contributed by atoms with Crippen LogP contribution in [0, 0.1) is 0 Å². The lowest BCUT2D eigenvalue weighted by Crippen LogP contribution is -2.34. The number of nitrogens with one attached hydrogen (secondary N) is 3. The minimum Gasteiger partial charge on any atom is -0.459 e. The summed E-state index contributed by atoms with van der Waals surface area (Å²) in [6.07, 6.45) is 1.30. The number of anilines is 1. The Morgan fingerprint density at radius 2 is 1.66 bits per heavy atom. The number of hydrogen-bond donors (Lipinski definition) is 3. The van der Waals surface area contributed by atoms with Crippen molar-refractivity contribution < 1.29 is 22.4 Å². The standard InChI is InChI=1S/C23H25N3O5S/c1-16(2)25-23(28)26-19-10-8-17(9-11-19)14-24-22(27)21-18(12-13-31-21)15-32(29,30)20-6-4-3-5-7-20/h3-13,16H,14-15H2,1-2H3,(H,24,27)(H2,25,26,28). The van der Waals surface area contributed by atoms with E-state index in [1.165, 1.54) is 24.5 Å². The highest BCUT2D eigenvalue weighted by atomic mass is 32.2. The Kier molecular flexibility index (Phi) is 7.32. The number of carbonyl (C=O) groups is 2. The van der Waals surface area contributed by atoms with Crippen molar-refractivity contribution in [3.63, 3.8) is 0 Å². The smallest absolute Gasteiger partial charge is 0.319 e. The van der Waals surface area contributed by atoms with E-state index in [2.05, 4.69) is 16.0 Å². The van der Waals surface area contributed by atoms with Crippen LogP contribution in [0.4, 0.5) is 10.5 Å². The van der Waals surface area contributed by atoms with Crippen LogP contribution >= 0.6 is 0 Å². The molecule has 0 saturated carbocycles. The number of hydrogen-bond acceptors (Lipinski definition) is 5. The Morgan fingerprint density at radius 1 is 0.969 bits per heavy atom. The van der Waals surface area contributed by atoms with Crippen molar-refractivity contribution in [2.75, 3.05) is 5.32 Å². The second kappa shape index (κ2) is 10.1. The summed E-state index contributed by atoms with van der Waals surface area (Å²) in [5.74, 6) is -0.880. The molecule has 1 aromatic heterocycles. The average Bonchev–Trinajstić information content (AvgIpc) is 3.20. The van der Waals surface area contributed by atoms with Gasteiger partial charge in [-0.25, -0.2) is 13.2 Å². The van der Waals surface area contributed by atoms with Crippen molar-refractivity contribution in [3.05, 3.63) is 83.8 Å². The Labute approximate surface area is 186 Å².